The molecule has 1 fully saturated rings. The molecule has 0 atom stereocenters. The Balaban J connectivity index is 1.75. The van der Waals surface area contributed by atoms with Crippen LogP contribution in [-0.4, -0.2) is 54.2 Å². The standard InChI is InChI=1S/C17H19ClN4O3/c1-11-7-13(15(24-2)8-12(11)18)21-16-10-19-14(9-20-16)17(23)22-3-5-25-6-4-22/h7-10H,3-6H2,1-2H3,(H,20,21). The number of hydrogen-bond donors (Lipinski definition) is 1. The van der Waals surface area contributed by atoms with Crippen LogP contribution in [0.2, 0.25) is 5.02 Å². The van der Waals surface area contributed by atoms with Gasteiger partial charge in [0.2, 0.25) is 0 Å². The maximum absolute atomic E-state index is 12.4. The molecule has 8 heteroatoms. The van der Waals surface area contributed by atoms with E-state index in [2.05, 4.69) is 15.3 Å². The van der Waals surface area contributed by atoms with Crippen molar-refractivity contribution in [3.63, 3.8) is 0 Å². The lowest BCUT2D eigenvalue weighted by molar-refractivity contribution is 0.0298. The van der Waals surface area contributed by atoms with E-state index in [1.165, 1.54) is 12.4 Å². The van der Waals surface area contributed by atoms with Crippen LogP contribution >= 0.6 is 11.6 Å². The number of ether oxygens (including phenoxy) is 2. The molecule has 3 rings (SSSR count). The van der Waals surface area contributed by atoms with Gasteiger partial charge in [-0.3, -0.25) is 4.79 Å². The molecule has 1 amide bonds. The predicted molar refractivity (Wildman–Crippen MR) is 94.8 cm³/mol. The number of carbonyl (C=O) groups excluding carboxylic acids is 1. The number of carbonyl (C=O) groups is 1. The normalized spacial score (nSPS) is 14.3. The summed E-state index contributed by atoms with van der Waals surface area (Å²) in [7, 11) is 1.57. The fourth-order valence-electron chi connectivity index (χ4n) is 2.50. The summed E-state index contributed by atoms with van der Waals surface area (Å²) in [6.07, 6.45) is 2.99. The third-order valence-electron chi connectivity index (χ3n) is 3.91. The fraction of sp³-hybridized carbons (Fsp3) is 0.353. The number of morpholine rings is 1. The molecule has 1 N–H and O–H groups in total. The summed E-state index contributed by atoms with van der Waals surface area (Å²) in [4.78, 5) is 22.6. The lowest BCUT2D eigenvalue weighted by atomic mass is 10.2. The Bertz CT molecular complexity index is 761. The Morgan fingerprint density at radius 2 is 2.04 bits per heavy atom. The first kappa shape index (κ1) is 17.4. The minimum absolute atomic E-state index is 0.137. The molecule has 0 radical (unpaired) electrons. The van der Waals surface area contributed by atoms with Crippen LogP contribution in [-0.2, 0) is 4.74 Å². The molecule has 0 saturated carbocycles. The second-order valence-electron chi connectivity index (χ2n) is 5.62. The molecule has 0 aliphatic carbocycles. The molecule has 0 bridgehead atoms. The second-order valence-corrected chi connectivity index (χ2v) is 6.03. The number of amides is 1. The molecule has 1 saturated heterocycles. The summed E-state index contributed by atoms with van der Waals surface area (Å²) in [6.45, 7) is 4.15. The number of anilines is 2. The van der Waals surface area contributed by atoms with E-state index in [0.717, 1.165) is 11.3 Å². The maximum atomic E-state index is 12.4. The highest BCUT2D eigenvalue weighted by Gasteiger charge is 2.20. The second kappa shape index (κ2) is 7.67. The van der Waals surface area contributed by atoms with Gasteiger partial charge >= 0.3 is 0 Å². The van der Waals surface area contributed by atoms with Crippen molar-refractivity contribution >= 4 is 29.0 Å². The van der Waals surface area contributed by atoms with Crippen LogP contribution < -0.4 is 10.1 Å². The van der Waals surface area contributed by atoms with Gasteiger partial charge in [0.25, 0.3) is 5.91 Å². The van der Waals surface area contributed by atoms with Crippen LogP contribution in [0, 0.1) is 6.92 Å². The average molecular weight is 363 g/mol. The summed E-state index contributed by atoms with van der Waals surface area (Å²) in [5, 5.41) is 3.76. The Morgan fingerprint density at radius 1 is 1.28 bits per heavy atom. The Morgan fingerprint density at radius 3 is 2.68 bits per heavy atom. The number of nitrogens with one attached hydrogen (secondary N) is 1. The van der Waals surface area contributed by atoms with Gasteiger partial charge < -0.3 is 19.7 Å². The molecule has 0 unspecified atom stereocenters. The minimum atomic E-state index is -0.137. The van der Waals surface area contributed by atoms with Crippen LogP contribution in [0.1, 0.15) is 16.1 Å². The van der Waals surface area contributed by atoms with Gasteiger partial charge in [0.05, 0.1) is 38.4 Å². The smallest absolute Gasteiger partial charge is 0.274 e. The summed E-state index contributed by atoms with van der Waals surface area (Å²) >= 11 is 6.11. The summed E-state index contributed by atoms with van der Waals surface area (Å²) in [5.41, 5.74) is 1.95. The molecular formula is C17H19ClN4O3. The van der Waals surface area contributed by atoms with Crippen molar-refractivity contribution < 1.29 is 14.3 Å². The van der Waals surface area contributed by atoms with Crippen molar-refractivity contribution in [2.24, 2.45) is 0 Å². The molecule has 132 valence electrons. The summed E-state index contributed by atoms with van der Waals surface area (Å²) < 4.78 is 10.6. The first-order chi connectivity index (χ1) is 12.1. The van der Waals surface area contributed by atoms with Gasteiger partial charge in [0.15, 0.2) is 0 Å². The number of aryl methyl sites for hydroxylation is 1. The number of benzene rings is 1. The Kier molecular flexibility index (Phi) is 5.35. The van der Waals surface area contributed by atoms with Crippen LogP contribution in [0.15, 0.2) is 24.5 Å². The van der Waals surface area contributed by atoms with Gasteiger partial charge in [-0.2, -0.15) is 0 Å². The topological polar surface area (TPSA) is 76.6 Å². The van der Waals surface area contributed by atoms with Crippen LogP contribution in [0.5, 0.6) is 5.75 Å². The molecule has 2 heterocycles. The third kappa shape index (κ3) is 4.00. The van der Waals surface area contributed by atoms with E-state index in [1.54, 1.807) is 18.1 Å². The van der Waals surface area contributed by atoms with Gasteiger partial charge in [-0.15, -0.1) is 0 Å². The van der Waals surface area contributed by atoms with E-state index < -0.39 is 0 Å². The third-order valence-corrected chi connectivity index (χ3v) is 4.32. The molecule has 2 aromatic rings. The number of methoxy groups -OCH3 is 1. The SMILES string of the molecule is COc1cc(Cl)c(C)cc1Nc1cnc(C(=O)N2CCOCC2)cn1. The van der Waals surface area contributed by atoms with Crippen LogP contribution in [0.3, 0.4) is 0 Å². The van der Waals surface area contributed by atoms with Gasteiger partial charge in [0.1, 0.15) is 17.3 Å². The molecule has 1 aromatic heterocycles. The van der Waals surface area contributed by atoms with E-state index in [0.29, 0.717) is 48.6 Å². The molecule has 1 aromatic carbocycles. The van der Waals surface area contributed by atoms with Gasteiger partial charge in [-0.25, -0.2) is 9.97 Å². The highest BCUT2D eigenvalue weighted by Crippen LogP contribution is 2.32. The zero-order valence-corrected chi connectivity index (χ0v) is 14.8. The van der Waals surface area contributed by atoms with Crippen molar-refractivity contribution in [3.8, 4) is 5.75 Å². The fourth-order valence-corrected chi connectivity index (χ4v) is 2.65. The molecule has 25 heavy (non-hydrogen) atoms. The minimum Gasteiger partial charge on any atom is -0.495 e. The van der Waals surface area contributed by atoms with E-state index in [-0.39, 0.29) is 5.91 Å². The Labute approximate surface area is 150 Å². The van der Waals surface area contributed by atoms with E-state index in [9.17, 15) is 4.79 Å². The zero-order valence-electron chi connectivity index (χ0n) is 14.1. The lowest BCUT2D eigenvalue weighted by Crippen LogP contribution is -2.41. The highest BCUT2D eigenvalue weighted by atomic mass is 35.5. The molecule has 1 aliphatic heterocycles. The van der Waals surface area contributed by atoms with Crippen molar-refractivity contribution in [1.82, 2.24) is 14.9 Å². The zero-order chi connectivity index (χ0) is 17.8. The van der Waals surface area contributed by atoms with Crippen molar-refractivity contribution in [1.29, 1.82) is 0 Å². The highest BCUT2D eigenvalue weighted by molar-refractivity contribution is 6.31. The van der Waals surface area contributed by atoms with E-state index in [4.69, 9.17) is 21.1 Å². The summed E-state index contributed by atoms with van der Waals surface area (Å²) in [5.74, 6) is 0.978. The number of aromatic nitrogens is 2. The quantitative estimate of drug-likeness (QED) is 0.901. The van der Waals surface area contributed by atoms with E-state index >= 15 is 0 Å². The number of nitrogens with zero attached hydrogens (tertiary/aromatic N) is 3. The van der Waals surface area contributed by atoms with Crippen molar-refractivity contribution in [3.05, 3.63) is 40.8 Å². The molecule has 7 nitrogen and oxygen atoms in total. The maximum Gasteiger partial charge on any atom is 0.274 e. The monoisotopic (exact) mass is 362 g/mol. The average Bonchev–Trinajstić information content (AvgIpc) is 2.65. The van der Waals surface area contributed by atoms with Gasteiger partial charge in [0, 0.05) is 24.2 Å². The molecular weight excluding hydrogens is 344 g/mol. The number of rotatable bonds is 4. The lowest BCUT2D eigenvalue weighted by Gasteiger charge is -2.26. The van der Waals surface area contributed by atoms with Crippen LogP contribution in [0.25, 0.3) is 0 Å². The Hall–Kier alpha value is -2.38. The number of hydrogen-bond acceptors (Lipinski definition) is 6. The predicted octanol–water partition coefficient (Wildman–Crippen LogP) is 2.66. The number of halogens is 1. The van der Waals surface area contributed by atoms with Gasteiger partial charge in [-0.05, 0) is 18.6 Å². The van der Waals surface area contributed by atoms with Crippen molar-refractivity contribution in [2.45, 2.75) is 6.92 Å². The van der Waals surface area contributed by atoms with Gasteiger partial charge in [-0.1, -0.05) is 11.6 Å². The van der Waals surface area contributed by atoms with E-state index in [1.807, 2.05) is 13.0 Å². The van der Waals surface area contributed by atoms with Crippen molar-refractivity contribution in [2.75, 3.05) is 38.7 Å². The van der Waals surface area contributed by atoms with Crippen LogP contribution in [0.4, 0.5) is 11.5 Å². The first-order valence-electron chi connectivity index (χ1n) is 7.88. The molecule has 1 aliphatic rings. The summed E-state index contributed by atoms with van der Waals surface area (Å²) in [6, 6.07) is 3.61. The molecule has 0 spiro atoms. The largest absolute Gasteiger partial charge is 0.495 e. The first-order valence-corrected chi connectivity index (χ1v) is 8.26.